The molecule has 126 valence electrons. The minimum Gasteiger partial charge on any atom is -0.319 e. The SMILES string of the molecule is C[C@@H](C1CC1)N(C(=O)Nc1cccc(CS(C)(=O)=O)c1)C1CC1. The Morgan fingerprint density at radius 1 is 1.30 bits per heavy atom. The lowest BCUT2D eigenvalue weighted by atomic mass is 10.2. The molecule has 0 unspecified atom stereocenters. The number of anilines is 1. The average molecular weight is 336 g/mol. The van der Waals surface area contributed by atoms with E-state index in [-0.39, 0.29) is 17.8 Å². The largest absolute Gasteiger partial charge is 0.322 e. The highest BCUT2D eigenvalue weighted by Crippen LogP contribution is 2.39. The van der Waals surface area contributed by atoms with Gasteiger partial charge in [0.15, 0.2) is 9.84 Å². The zero-order valence-corrected chi connectivity index (χ0v) is 14.5. The highest BCUT2D eigenvalue weighted by molar-refractivity contribution is 7.89. The van der Waals surface area contributed by atoms with Crippen molar-refractivity contribution in [3.8, 4) is 0 Å². The number of rotatable bonds is 6. The molecule has 1 aromatic carbocycles. The lowest BCUT2D eigenvalue weighted by Crippen LogP contribution is -2.44. The molecule has 6 heteroatoms. The fraction of sp³-hybridized carbons (Fsp3) is 0.588. The monoisotopic (exact) mass is 336 g/mol. The van der Waals surface area contributed by atoms with Crippen LogP contribution in [0.4, 0.5) is 10.5 Å². The number of nitrogens with one attached hydrogen (secondary N) is 1. The Morgan fingerprint density at radius 3 is 2.57 bits per heavy atom. The molecule has 2 aliphatic carbocycles. The van der Waals surface area contributed by atoms with Gasteiger partial charge in [0.05, 0.1) is 5.75 Å². The summed E-state index contributed by atoms with van der Waals surface area (Å²) in [7, 11) is -3.08. The summed E-state index contributed by atoms with van der Waals surface area (Å²) >= 11 is 0. The summed E-state index contributed by atoms with van der Waals surface area (Å²) in [5.41, 5.74) is 1.35. The quantitative estimate of drug-likeness (QED) is 0.868. The van der Waals surface area contributed by atoms with Crippen LogP contribution in [0.2, 0.25) is 0 Å². The number of amides is 2. The first kappa shape index (κ1) is 16.3. The molecule has 2 aliphatic rings. The maximum atomic E-state index is 12.7. The lowest BCUT2D eigenvalue weighted by molar-refractivity contribution is 0.180. The number of urea groups is 1. The van der Waals surface area contributed by atoms with Crippen molar-refractivity contribution in [2.45, 2.75) is 50.4 Å². The number of carbonyl (C=O) groups excluding carboxylic acids is 1. The van der Waals surface area contributed by atoms with E-state index in [9.17, 15) is 13.2 Å². The van der Waals surface area contributed by atoms with E-state index < -0.39 is 9.84 Å². The van der Waals surface area contributed by atoms with E-state index in [1.165, 1.54) is 19.1 Å². The lowest BCUT2D eigenvalue weighted by Gasteiger charge is -2.29. The van der Waals surface area contributed by atoms with Gasteiger partial charge in [-0.15, -0.1) is 0 Å². The van der Waals surface area contributed by atoms with Gasteiger partial charge in [0, 0.05) is 24.0 Å². The van der Waals surface area contributed by atoms with Gasteiger partial charge in [-0.2, -0.15) is 0 Å². The normalized spacial score (nSPS) is 19.2. The fourth-order valence-corrected chi connectivity index (χ4v) is 3.86. The third-order valence-corrected chi connectivity index (χ3v) is 5.38. The molecule has 0 heterocycles. The zero-order chi connectivity index (χ0) is 16.6. The van der Waals surface area contributed by atoms with E-state index in [0.717, 1.165) is 12.8 Å². The highest BCUT2D eigenvalue weighted by atomic mass is 32.2. The standard InChI is InChI=1S/C17H24N2O3S/c1-12(14-6-7-14)19(16-8-9-16)17(20)18-15-5-3-4-13(10-15)11-23(2,21)22/h3-5,10,12,14,16H,6-9,11H2,1-2H3,(H,18,20)/t12-/m0/s1. The van der Waals surface area contributed by atoms with E-state index in [4.69, 9.17) is 0 Å². The van der Waals surface area contributed by atoms with E-state index in [1.807, 2.05) is 4.90 Å². The zero-order valence-electron chi connectivity index (χ0n) is 13.7. The summed E-state index contributed by atoms with van der Waals surface area (Å²) in [6.07, 6.45) is 5.80. The molecule has 0 saturated heterocycles. The van der Waals surface area contributed by atoms with Crippen LogP contribution in [0.25, 0.3) is 0 Å². The van der Waals surface area contributed by atoms with Crippen LogP contribution < -0.4 is 5.32 Å². The molecule has 0 aromatic heterocycles. The molecule has 2 amide bonds. The van der Waals surface area contributed by atoms with Gasteiger partial charge in [-0.05, 0) is 56.2 Å². The van der Waals surface area contributed by atoms with Gasteiger partial charge in [0.1, 0.15) is 0 Å². The second-order valence-electron chi connectivity index (χ2n) is 6.92. The molecule has 1 atom stereocenters. The van der Waals surface area contributed by atoms with Crippen LogP contribution in [-0.2, 0) is 15.6 Å². The molecule has 1 aromatic rings. The molecule has 5 nitrogen and oxygen atoms in total. The van der Waals surface area contributed by atoms with Crippen LogP contribution >= 0.6 is 0 Å². The smallest absolute Gasteiger partial charge is 0.319 e. The van der Waals surface area contributed by atoms with Gasteiger partial charge >= 0.3 is 6.03 Å². The van der Waals surface area contributed by atoms with Gasteiger partial charge < -0.3 is 10.2 Å². The Kier molecular flexibility index (Phi) is 4.36. The topological polar surface area (TPSA) is 66.5 Å². The first-order valence-electron chi connectivity index (χ1n) is 8.19. The Morgan fingerprint density at radius 2 is 2.00 bits per heavy atom. The van der Waals surface area contributed by atoms with Gasteiger partial charge in [0.2, 0.25) is 0 Å². The van der Waals surface area contributed by atoms with Gasteiger partial charge in [-0.3, -0.25) is 0 Å². The van der Waals surface area contributed by atoms with Crippen molar-refractivity contribution in [2.24, 2.45) is 5.92 Å². The second kappa shape index (κ2) is 6.15. The molecule has 2 fully saturated rings. The Labute approximate surface area is 138 Å². The maximum Gasteiger partial charge on any atom is 0.322 e. The predicted octanol–water partition coefficient (Wildman–Crippen LogP) is 3.03. The van der Waals surface area contributed by atoms with Crippen LogP contribution in [0.5, 0.6) is 0 Å². The Hall–Kier alpha value is -1.56. The minimum absolute atomic E-state index is 0.0124. The molecule has 0 aliphatic heterocycles. The summed E-state index contributed by atoms with van der Waals surface area (Å²) in [6, 6.07) is 7.67. The van der Waals surface area contributed by atoms with Crippen molar-refractivity contribution in [2.75, 3.05) is 11.6 Å². The molecule has 3 rings (SSSR count). The van der Waals surface area contributed by atoms with Crippen LogP contribution in [0.1, 0.15) is 38.2 Å². The van der Waals surface area contributed by atoms with Gasteiger partial charge in [0.25, 0.3) is 0 Å². The highest BCUT2D eigenvalue weighted by Gasteiger charge is 2.41. The maximum absolute atomic E-state index is 12.7. The number of sulfone groups is 1. The number of hydrogen-bond acceptors (Lipinski definition) is 3. The number of benzene rings is 1. The molecule has 23 heavy (non-hydrogen) atoms. The van der Waals surface area contributed by atoms with Crippen molar-refractivity contribution >= 4 is 21.6 Å². The van der Waals surface area contributed by atoms with E-state index in [2.05, 4.69) is 12.2 Å². The van der Waals surface area contributed by atoms with Crippen molar-refractivity contribution in [1.29, 1.82) is 0 Å². The van der Waals surface area contributed by atoms with E-state index >= 15 is 0 Å². The molecule has 0 bridgehead atoms. The molecule has 2 saturated carbocycles. The van der Waals surface area contributed by atoms with Crippen molar-refractivity contribution in [1.82, 2.24) is 4.90 Å². The van der Waals surface area contributed by atoms with Crippen molar-refractivity contribution in [3.63, 3.8) is 0 Å². The minimum atomic E-state index is -3.08. The van der Waals surface area contributed by atoms with Gasteiger partial charge in [-0.25, -0.2) is 13.2 Å². The van der Waals surface area contributed by atoms with E-state index in [0.29, 0.717) is 23.2 Å². The molecular weight excluding hydrogens is 312 g/mol. The fourth-order valence-electron chi connectivity index (χ4n) is 3.07. The van der Waals surface area contributed by atoms with Crippen LogP contribution in [-0.4, -0.2) is 37.7 Å². The Bertz CT molecular complexity index is 694. The van der Waals surface area contributed by atoms with E-state index in [1.54, 1.807) is 24.3 Å². The summed E-state index contributed by atoms with van der Waals surface area (Å²) in [4.78, 5) is 14.6. The molecule has 0 radical (unpaired) electrons. The van der Waals surface area contributed by atoms with Crippen LogP contribution in [0, 0.1) is 5.92 Å². The summed E-state index contributed by atoms with van der Waals surface area (Å²) in [5, 5.41) is 2.95. The first-order valence-corrected chi connectivity index (χ1v) is 10.3. The summed E-state index contributed by atoms with van der Waals surface area (Å²) in [6.45, 7) is 2.13. The average Bonchev–Trinajstić information content (AvgIpc) is 3.31. The number of carbonyl (C=O) groups is 1. The molecule has 0 spiro atoms. The predicted molar refractivity (Wildman–Crippen MR) is 91.1 cm³/mol. The van der Waals surface area contributed by atoms with Gasteiger partial charge in [-0.1, -0.05) is 12.1 Å². The second-order valence-corrected chi connectivity index (χ2v) is 9.06. The first-order chi connectivity index (χ1) is 10.8. The third kappa shape index (κ3) is 4.47. The third-order valence-electron chi connectivity index (χ3n) is 4.52. The van der Waals surface area contributed by atoms with Crippen molar-refractivity contribution < 1.29 is 13.2 Å². The number of nitrogens with zero attached hydrogens (tertiary/aromatic N) is 1. The molecular formula is C17H24N2O3S. The Balaban J connectivity index is 1.70. The number of hydrogen-bond donors (Lipinski definition) is 1. The summed E-state index contributed by atoms with van der Waals surface area (Å²) < 4.78 is 22.8. The summed E-state index contributed by atoms with van der Waals surface area (Å²) in [5.74, 6) is 0.625. The molecule has 1 N–H and O–H groups in total. The van der Waals surface area contributed by atoms with Crippen molar-refractivity contribution in [3.05, 3.63) is 29.8 Å². The van der Waals surface area contributed by atoms with Crippen LogP contribution in [0.15, 0.2) is 24.3 Å². The van der Waals surface area contributed by atoms with Crippen LogP contribution in [0.3, 0.4) is 0 Å².